The molecule has 0 saturated carbocycles. The number of benzene rings is 2. The predicted molar refractivity (Wildman–Crippen MR) is 103 cm³/mol. The van der Waals surface area contributed by atoms with Crippen LogP contribution in [0, 0.1) is 5.92 Å². The van der Waals surface area contributed by atoms with Crippen molar-refractivity contribution < 1.29 is 13.2 Å². The Bertz CT molecular complexity index is 940. The van der Waals surface area contributed by atoms with Gasteiger partial charge in [0.2, 0.25) is 5.91 Å². The van der Waals surface area contributed by atoms with Crippen LogP contribution < -0.4 is 10.2 Å². The molecule has 0 spiro atoms. The first-order valence-corrected chi connectivity index (χ1v) is 10.8. The number of hydrogen-bond donors (Lipinski definition) is 1. The molecular formula is C20H22N2O3S. The zero-order valence-corrected chi connectivity index (χ0v) is 15.3. The van der Waals surface area contributed by atoms with Gasteiger partial charge in [0, 0.05) is 13.1 Å². The lowest BCUT2D eigenvalue weighted by Gasteiger charge is -2.32. The molecule has 2 aromatic rings. The maximum Gasteiger partial charge on any atom is 0.228 e. The fourth-order valence-corrected chi connectivity index (χ4v) is 5.53. The minimum Gasteiger partial charge on any atom is -0.365 e. The Labute approximate surface area is 153 Å². The quantitative estimate of drug-likeness (QED) is 0.902. The SMILES string of the molecule is O=C(Nc1ccccc1N1CCc2ccccc2C1)[C@@H]1CCS(=O)(=O)C1. The van der Waals surface area contributed by atoms with Gasteiger partial charge in [0.05, 0.1) is 28.8 Å². The smallest absolute Gasteiger partial charge is 0.228 e. The molecule has 2 aliphatic rings. The average molecular weight is 370 g/mol. The Morgan fingerprint density at radius 1 is 1.04 bits per heavy atom. The zero-order chi connectivity index (χ0) is 18.1. The van der Waals surface area contributed by atoms with Crippen molar-refractivity contribution in [2.45, 2.75) is 19.4 Å². The third kappa shape index (κ3) is 3.46. The number of sulfone groups is 1. The van der Waals surface area contributed by atoms with E-state index in [4.69, 9.17) is 0 Å². The number of hydrogen-bond acceptors (Lipinski definition) is 4. The minimum atomic E-state index is -3.07. The van der Waals surface area contributed by atoms with Crippen LogP contribution in [0.1, 0.15) is 17.5 Å². The Morgan fingerprint density at radius 2 is 1.77 bits per heavy atom. The Hall–Kier alpha value is -2.34. The number of rotatable bonds is 3. The highest BCUT2D eigenvalue weighted by molar-refractivity contribution is 7.91. The lowest BCUT2D eigenvalue weighted by Crippen LogP contribution is -2.32. The number of nitrogens with zero attached hydrogens (tertiary/aromatic N) is 1. The third-order valence-corrected chi connectivity index (χ3v) is 7.00. The van der Waals surface area contributed by atoms with Gasteiger partial charge in [-0.25, -0.2) is 8.42 Å². The van der Waals surface area contributed by atoms with E-state index < -0.39 is 15.8 Å². The van der Waals surface area contributed by atoms with Crippen LogP contribution in [0.3, 0.4) is 0 Å². The normalized spacial score (nSPS) is 21.2. The van der Waals surface area contributed by atoms with Gasteiger partial charge in [0.15, 0.2) is 9.84 Å². The van der Waals surface area contributed by atoms with Crippen molar-refractivity contribution in [3.63, 3.8) is 0 Å². The molecule has 0 bridgehead atoms. The summed E-state index contributed by atoms with van der Waals surface area (Å²) >= 11 is 0. The average Bonchev–Trinajstić information content (AvgIpc) is 3.02. The molecule has 1 saturated heterocycles. The first-order valence-electron chi connectivity index (χ1n) is 8.94. The van der Waals surface area contributed by atoms with Crippen molar-refractivity contribution in [2.24, 2.45) is 5.92 Å². The Morgan fingerprint density at radius 3 is 2.54 bits per heavy atom. The summed E-state index contributed by atoms with van der Waals surface area (Å²) in [7, 11) is -3.07. The lowest BCUT2D eigenvalue weighted by molar-refractivity contribution is -0.119. The predicted octanol–water partition coefficient (Wildman–Crippen LogP) is 2.62. The van der Waals surface area contributed by atoms with Gasteiger partial charge >= 0.3 is 0 Å². The number of nitrogens with one attached hydrogen (secondary N) is 1. The molecule has 0 radical (unpaired) electrons. The van der Waals surface area contributed by atoms with Gasteiger partial charge < -0.3 is 10.2 Å². The van der Waals surface area contributed by atoms with Crippen LogP contribution >= 0.6 is 0 Å². The molecule has 2 heterocycles. The van der Waals surface area contributed by atoms with E-state index in [1.165, 1.54) is 11.1 Å². The maximum atomic E-state index is 12.5. The molecule has 2 aromatic carbocycles. The molecule has 6 heteroatoms. The second-order valence-electron chi connectivity index (χ2n) is 7.05. The van der Waals surface area contributed by atoms with Gasteiger partial charge in [-0.1, -0.05) is 36.4 Å². The third-order valence-electron chi connectivity index (χ3n) is 5.24. The summed E-state index contributed by atoms with van der Waals surface area (Å²) < 4.78 is 23.3. The van der Waals surface area contributed by atoms with E-state index in [0.29, 0.717) is 6.42 Å². The van der Waals surface area contributed by atoms with Crippen LogP contribution in [-0.2, 0) is 27.6 Å². The van der Waals surface area contributed by atoms with E-state index in [0.717, 1.165) is 30.9 Å². The number of para-hydroxylation sites is 2. The molecule has 5 nitrogen and oxygen atoms in total. The number of carbonyl (C=O) groups excluding carboxylic acids is 1. The van der Waals surface area contributed by atoms with Crippen LogP contribution in [0.25, 0.3) is 0 Å². The molecule has 2 aliphatic heterocycles. The summed E-state index contributed by atoms with van der Waals surface area (Å²) in [6, 6.07) is 16.2. The Balaban J connectivity index is 1.53. The van der Waals surface area contributed by atoms with Crippen LogP contribution in [-0.4, -0.2) is 32.4 Å². The summed E-state index contributed by atoms with van der Waals surface area (Å²) in [6.07, 6.45) is 1.38. The molecule has 4 rings (SSSR count). The first-order chi connectivity index (χ1) is 12.5. The molecule has 0 aromatic heterocycles. The topological polar surface area (TPSA) is 66.5 Å². The lowest BCUT2D eigenvalue weighted by atomic mass is 9.99. The van der Waals surface area contributed by atoms with Crippen LogP contribution in [0.15, 0.2) is 48.5 Å². The highest BCUT2D eigenvalue weighted by atomic mass is 32.2. The molecule has 0 aliphatic carbocycles. The van der Waals surface area contributed by atoms with E-state index in [-0.39, 0.29) is 17.4 Å². The van der Waals surface area contributed by atoms with E-state index in [2.05, 4.69) is 34.5 Å². The minimum absolute atomic E-state index is 0.0436. The van der Waals surface area contributed by atoms with Gasteiger partial charge in [-0.2, -0.15) is 0 Å². The molecule has 1 amide bonds. The molecular weight excluding hydrogens is 348 g/mol. The maximum absolute atomic E-state index is 12.5. The van der Waals surface area contributed by atoms with Gasteiger partial charge in [0.1, 0.15) is 0 Å². The second-order valence-corrected chi connectivity index (χ2v) is 9.28. The van der Waals surface area contributed by atoms with Crippen molar-refractivity contribution in [3.8, 4) is 0 Å². The van der Waals surface area contributed by atoms with Crippen LogP contribution in [0.2, 0.25) is 0 Å². The largest absolute Gasteiger partial charge is 0.365 e. The van der Waals surface area contributed by atoms with Crippen LogP contribution in [0.4, 0.5) is 11.4 Å². The fourth-order valence-electron chi connectivity index (χ4n) is 3.79. The van der Waals surface area contributed by atoms with E-state index in [1.54, 1.807) is 0 Å². The monoisotopic (exact) mass is 370 g/mol. The molecule has 1 fully saturated rings. The van der Waals surface area contributed by atoms with Crippen molar-refractivity contribution in [1.29, 1.82) is 0 Å². The molecule has 1 N–H and O–H groups in total. The molecule has 26 heavy (non-hydrogen) atoms. The molecule has 1 atom stereocenters. The zero-order valence-electron chi connectivity index (χ0n) is 14.5. The van der Waals surface area contributed by atoms with Crippen molar-refractivity contribution >= 4 is 27.1 Å². The summed E-state index contributed by atoms with van der Waals surface area (Å²) in [4.78, 5) is 14.8. The fraction of sp³-hybridized carbons (Fsp3) is 0.350. The van der Waals surface area contributed by atoms with Gasteiger partial charge in [-0.05, 0) is 36.1 Å². The standard InChI is InChI=1S/C20H22N2O3S/c23-20(17-10-12-26(24,25)14-17)21-18-7-3-4-8-19(18)22-11-9-15-5-1-2-6-16(15)13-22/h1-8,17H,9-14H2,(H,21,23)/t17-/m1/s1. The van der Waals surface area contributed by atoms with E-state index in [1.807, 2.05) is 24.3 Å². The number of anilines is 2. The number of amides is 1. The first kappa shape index (κ1) is 17.1. The van der Waals surface area contributed by atoms with Crippen molar-refractivity contribution in [3.05, 3.63) is 59.7 Å². The highest BCUT2D eigenvalue weighted by Crippen LogP contribution is 2.31. The van der Waals surface area contributed by atoms with Gasteiger partial charge in [0.25, 0.3) is 0 Å². The van der Waals surface area contributed by atoms with Crippen molar-refractivity contribution in [1.82, 2.24) is 0 Å². The summed E-state index contributed by atoms with van der Waals surface area (Å²) in [5.41, 5.74) is 4.42. The highest BCUT2D eigenvalue weighted by Gasteiger charge is 2.33. The summed E-state index contributed by atoms with van der Waals surface area (Å²) in [5.74, 6) is -0.584. The van der Waals surface area contributed by atoms with Gasteiger partial charge in [-0.15, -0.1) is 0 Å². The van der Waals surface area contributed by atoms with Gasteiger partial charge in [-0.3, -0.25) is 4.79 Å². The number of fused-ring (bicyclic) bond motifs is 1. The summed E-state index contributed by atoms with van der Waals surface area (Å²) in [6.45, 7) is 1.70. The van der Waals surface area contributed by atoms with E-state index in [9.17, 15) is 13.2 Å². The second kappa shape index (κ2) is 6.76. The summed E-state index contributed by atoms with van der Waals surface area (Å²) in [5, 5.41) is 2.97. The van der Waals surface area contributed by atoms with E-state index >= 15 is 0 Å². The van der Waals surface area contributed by atoms with Crippen molar-refractivity contribution in [2.75, 3.05) is 28.3 Å². The molecule has 0 unspecified atom stereocenters. The van der Waals surface area contributed by atoms with Crippen LogP contribution in [0.5, 0.6) is 0 Å². The molecule has 136 valence electrons. The Kier molecular flexibility index (Phi) is 4.44. The number of carbonyl (C=O) groups is 1.